The van der Waals surface area contributed by atoms with Crippen LogP contribution in [-0.2, 0) is 0 Å². The van der Waals surface area contributed by atoms with Crippen molar-refractivity contribution in [3.8, 4) is 0 Å². The summed E-state index contributed by atoms with van der Waals surface area (Å²) in [5.41, 5.74) is 2.35. The third-order valence-electron chi connectivity index (χ3n) is 4.86. The Bertz CT molecular complexity index is 250. The van der Waals surface area contributed by atoms with Crippen LogP contribution in [0.1, 0.15) is 84.0 Å². The minimum absolute atomic E-state index is 0.397. The zero-order chi connectivity index (χ0) is 16.4. The zero-order valence-corrected chi connectivity index (χ0v) is 14.8. The van der Waals surface area contributed by atoms with Crippen LogP contribution in [0.25, 0.3) is 0 Å². The predicted octanol–water partition coefficient (Wildman–Crippen LogP) is 7.23. The Balaban J connectivity index is 0.000000422. The smallest absolute Gasteiger partial charge is 0.418 e. The van der Waals surface area contributed by atoms with Crippen molar-refractivity contribution in [3.05, 3.63) is 0 Å². The number of halogens is 4. The van der Waals surface area contributed by atoms with E-state index in [9.17, 15) is 17.3 Å². The average molecular weight is 341 g/mol. The fourth-order valence-electron chi connectivity index (χ4n) is 3.83. The zero-order valence-electron chi connectivity index (χ0n) is 13.9. The van der Waals surface area contributed by atoms with E-state index in [4.69, 9.17) is 0 Å². The van der Waals surface area contributed by atoms with Gasteiger partial charge in [0.1, 0.15) is 0 Å². The number of hydrogen-bond donors (Lipinski definition) is 0. The van der Waals surface area contributed by atoms with Crippen LogP contribution in [0.4, 0.5) is 17.3 Å². The highest BCUT2D eigenvalue weighted by Gasteiger charge is 2.30. The molecule has 0 amide bonds. The van der Waals surface area contributed by atoms with E-state index < -0.39 is 7.25 Å². The maximum Gasteiger partial charge on any atom is 0.673 e. The summed E-state index contributed by atoms with van der Waals surface area (Å²) in [5.74, 6) is 0. The van der Waals surface area contributed by atoms with Gasteiger partial charge < -0.3 is 17.3 Å². The SMILES string of the molecule is CCCCP(C1CCCCC1)C1CCCCC1.F[B-](F)(F)F. The third-order valence-corrected chi connectivity index (χ3v) is 8.60. The molecule has 0 nitrogen and oxygen atoms in total. The third kappa shape index (κ3) is 9.38. The van der Waals surface area contributed by atoms with E-state index in [0.717, 1.165) is 0 Å². The minimum atomic E-state index is -6.00. The fourth-order valence-corrected chi connectivity index (χ4v) is 7.89. The summed E-state index contributed by atoms with van der Waals surface area (Å²) in [6.45, 7) is 2.37. The molecule has 2 saturated carbocycles. The van der Waals surface area contributed by atoms with Crippen molar-refractivity contribution in [1.82, 2.24) is 0 Å². The first kappa shape index (κ1) is 20.3. The minimum Gasteiger partial charge on any atom is -0.418 e. The van der Waals surface area contributed by atoms with Crippen LogP contribution in [0.15, 0.2) is 0 Å². The summed E-state index contributed by atoms with van der Waals surface area (Å²) in [7, 11) is -5.60. The molecule has 0 N–H and O–H groups in total. The molecular weight excluding hydrogens is 310 g/mol. The molecule has 0 saturated heterocycles. The van der Waals surface area contributed by atoms with Crippen molar-refractivity contribution in [1.29, 1.82) is 0 Å². The molecule has 0 aromatic carbocycles. The number of unbranched alkanes of at least 4 members (excludes halogenated alkanes) is 1. The second-order valence-electron chi connectivity index (χ2n) is 6.67. The van der Waals surface area contributed by atoms with Crippen LogP contribution in [0.3, 0.4) is 0 Å². The molecule has 2 rings (SSSR count). The van der Waals surface area contributed by atoms with Crippen LogP contribution in [0, 0.1) is 0 Å². The number of rotatable bonds is 5. The summed E-state index contributed by atoms with van der Waals surface area (Å²) in [5, 5.41) is 0. The van der Waals surface area contributed by atoms with Crippen LogP contribution in [0.5, 0.6) is 0 Å². The molecule has 0 aromatic rings. The fraction of sp³-hybridized carbons (Fsp3) is 1.00. The maximum absolute atomic E-state index is 9.75. The van der Waals surface area contributed by atoms with Gasteiger partial charge in [-0.1, -0.05) is 51.9 Å². The van der Waals surface area contributed by atoms with E-state index in [1.54, 1.807) is 57.5 Å². The normalized spacial score (nSPS) is 21.5. The lowest BCUT2D eigenvalue weighted by atomic mass is 9.99. The molecule has 2 aliphatic carbocycles. The molecule has 0 aromatic heterocycles. The lowest BCUT2D eigenvalue weighted by Gasteiger charge is -2.38. The topological polar surface area (TPSA) is 0 Å². The molecule has 0 atom stereocenters. The molecule has 0 bridgehead atoms. The Kier molecular flexibility index (Phi) is 10.0. The lowest BCUT2D eigenvalue weighted by molar-refractivity contribution is 0.368. The Morgan fingerprint density at radius 3 is 1.45 bits per heavy atom. The molecule has 0 unspecified atom stereocenters. The highest BCUT2D eigenvalue weighted by molar-refractivity contribution is 7.59. The summed E-state index contributed by atoms with van der Waals surface area (Å²) in [6.07, 6.45) is 20.1. The predicted molar refractivity (Wildman–Crippen MR) is 90.6 cm³/mol. The van der Waals surface area contributed by atoms with Crippen molar-refractivity contribution < 1.29 is 17.3 Å². The van der Waals surface area contributed by atoms with Crippen molar-refractivity contribution in [2.45, 2.75) is 95.3 Å². The summed E-state index contributed by atoms with van der Waals surface area (Å²) >= 11 is 0. The molecule has 0 radical (unpaired) electrons. The van der Waals surface area contributed by atoms with Gasteiger partial charge >= 0.3 is 7.25 Å². The standard InChI is InChI=1S/C16H31P.BF4/c1-2-3-14-17(15-10-6-4-7-11-15)16-12-8-5-9-13-16;2-1(3,4)5/h15-16H,2-14H2,1H3;/q;-1. The van der Waals surface area contributed by atoms with Crippen molar-refractivity contribution in [2.24, 2.45) is 0 Å². The molecule has 0 spiro atoms. The van der Waals surface area contributed by atoms with E-state index in [0.29, 0.717) is 7.92 Å². The monoisotopic (exact) mass is 341 g/mol. The quantitative estimate of drug-likeness (QED) is 0.281. The van der Waals surface area contributed by atoms with Gasteiger partial charge in [0.15, 0.2) is 0 Å². The van der Waals surface area contributed by atoms with Crippen LogP contribution in [0.2, 0.25) is 0 Å². The van der Waals surface area contributed by atoms with E-state index >= 15 is 0 Å². The van der Waals surface area contributed by atoms with E-state index in [1.165, 1.54) is 37.0 Å². The summed E-state index contributed by atoms with van der Waals surface area (Å²) in [6, 6.07) is 0. The van der Waals surface area contributed by atoms with Crippen LogP contribution >= 0.6 is 7.92 Å². The Morgan fingerprint density at radius 1 is 0.773 bits per heavy atom. The van der Waals surface area contributed by atoms with Gasteiger partial charge in [-0.25, -0.2) is 0 Å². The van der Waals surface area contributed by atoms with Gasteiger partial charge in [-0.05, 0) is 49.6 Å². The molecule has 0 aliphatic heterocycles. The first-order valence-electron chi connectivity index (χ1n) is 9.05. The average Bonchev–Trinajstić information content (AvgIpc) is 2.48. The highest BCUT2D eigenvalue weighted by atomic mass is 31.1. The molecule has 132 valence electrons. The first-order chi connectivity index (χ1) is 10.4. The second kappa shape index (κ2) is 10.9. The molecule has 2 aliphatic rings. The second-order valence-corrected chi connectivity index (χ2v) is 9.61. The van der Waals surface area contributed by atoms with Crippen LogP contribution < -0.4 is 0 Å². The van der Waals surface area contributed by atoms with Gasteiger partial charge in [-0.2, -0.15) is 0 Å². The van der Waals surface area contributed by atoms with Crippen molar-refractivity contribution in [3.63, 3.8) is 0 Å². The van der Waals surface area contributed by atoms with E-state index in [-0.39, 0.29) is 0 Å². The van der Waals surface area contributed by atoms with Crippen molar-refractivity contribution in [2.75, 3.05) is 6.16 Å². The van der Waals surface area contributed by atoms with Crippen LogP contribution in [-0.4, -0.2) is 24.7 Å². The Morgan fingerprint density at radius 2 is 1.14 bits per heavy atom. The molecule has 6 heteroatoms. The van der Waals surface area contributed by atoms with Gasteiger partial charge in [0.05, 0.1) is 0 Å². The molecule has 0 heterocycles. The summed E-state index contributed by atoms with van der Waals surface area (Å²) < 4.78 is 39.0. The molecule has 22 heavy (non-hydrogen) atoms. The van der Waals surface area contributed by atoms with Gasteiger partial charge in [-0.15, -0.1) is 7.92 Å². The van der Waals surface area contributed by atoms with Crippen molar-refractivity contribution >= 4 is 15.2 Å². The van der Waals surface area contributed by atoms with Gasteiger partial charge in [0.2, 0.25) is 0 Å². The highest BCUT2D eigenvalue weighted by Crippen LogP contribution is 2.56. The maximum atomic E-state index is 9.75. The van der Waals surface area contributed by atoms with Gasteiger partial charge in [0.25, 0.3) is 0 Å². The molecule has 2 fully saturated rings. The van der Waals surface area contributed by atoms with Gasteiger partial charge in [0, 0.05) is 0 Å². The Hall–Kier alpha value is 0.215. The Labute approximate surface area is 134 Å². The van der Waals surface area contributed by atoms with E-state index in [2.05, 4.69) is 6.92 Å². The largest absolute Gasteiger partial charge is 0.673 e. The first-order valence-corrected chi connectivity index (χ1v) is 10.7. The lowest BCUT2D eigenvalue weighted by Crippen LogP contribution is -2.21. The number of hydrogen-bond acceptors (Lipinski definition) is 0. The van der Waals surface area contributed by atoms with Gasteiger partial charge in [-0.3, -0.25) is 0 Å². The van der Waals surface area contributed by atoms with E-state index in [1.807, 2.05) is 0 Å². The summed E-state index contributed by atoms with van der Waals surface area (Å²) in [4.78, 5) is 0. The molecular formula is C16H31BF4P-.